The molecule has 0 unspecified atom stereocenters. The van der Waals surface area contributed by atoms with Crippen LogP contribution in [0.3, 0.4) is 0 Å². The number of aromatic amines is 1. The van der Waals surface area contributed by atoms with E-state index < -0.39 is 18.1 Å². The molecule has 12 heteroatoms. The first kappa shape index (κ1) is 40.0. The summed E-state index contributed by atoms with van der Waals surface area (Å²) in [7, 11) is 2.64. The lowest BCUT2D eigenvalue weighted by atomic mass is 9.90. The number of allylic oxidation sites excluding steroid dienone is 1. The fourth-order valence-electron chi connectivity index (χ4n) is 7.81. The van der Waals surface area contributed by atoms with E-state index in [1.807, 2.05) is 50.9 Å². The summed E-state index contributed by atoms with van der Waals surface area (Å²) in [4.78, 5) is 67.4. The van der Waals surface area contributed by atoms with Crippen LogP contribution in [0.1, 0.15) is 94.9 Å². The molecule has 2 saturated heterocycles. The van der Waals surface area contributed by atoms with Crippen molar-refractivity contribution in [2.45, 2.75) is 84.3 Å². The van der Waals surface area contributed by atoms with Crippen molar-refractivity contribution in [3.63, 3.8) is 0 Å². The number of aliphatic imine (C=N–C) groups is 1. The van der Waals surface area contributed by atoms with Crippen LogP contribution in [-0.4, -0.2) is 88.7 Å². The molecule has 0 saturated carbocycles. The Bertz CT molecular complexity index is 2040. The Labute approximate surface area is 329 Å². The van der Waals surface area contributed by atoms with Gasteiger partial charge in [0.1, 0.15) is 17.6 Å². The molecule has 3 amide bonds. The molecule has 3 aliphatic rings. The molecule has 4 atom stereocenters. The number of ether oxygens (including phenoxy) is 2. The van der Waals surface area contributed by atoms with Gasteiger partial charge in [-0.3, -0.25) is 19.4 Å². The molecule has 0 bridgehead atoms. The Balaban J connectivity index is 1.05. The summed E-state index contributed by atoms with van der Waals surface area (Å²) in [6.45, 7) is 9.00. The number of amides is 3. The average Bonchev–Trinajstić information content (AvgIpc) is 4.04. The molecule has 3 aliphatic heterocycles. The maximum absolute atomic E-state index is 13.6. The number of benzene rings is 2. The number of hydrogen-bond acceptors (Lipinski definition) is 8. The van der Waals surface area contributed by atoms with E-state index in [-0.39, 0.29) is 48.1 Å². The van der Waals surface area contributed by atoms with Crippen LogP contribution in [0.4, 0.5) is 4.79 Å². The molecule has 56 heavy (non-hydrogen) atoms. The molecule has 1 aromatic heterocycles. The number of rotatable bonds is 11. The molecular weight excluding hydrogens is 709 g/mol. The first-order valence-electron chi connectivity index (χ1n) is 19.5. The number of esters is 1. The molecule has 2 fully saturated rings. The summed E-state index contributed by atoms with van der Waals surface area (Å²) in [5.74, 6) is 6.07. The largest absolute Gasteiger partial charge is 0.469 e. The maximum Gasteiger partial charge on any atom is 0.407 e. The van der Waals surface area contributed by atoms with Crippen molar-refractivity contribution in [1.29, 1.82) is 0 Å². The SMILES string of the molecule is COC(=O)C[C@H](C(=O)N1CCC[C@H]1C1=NC=C(c2ccc(-c3ccc(C#Cc4cnc([C@@H]5CCCN5C(=O)[C@@H](NC(=O)OC)C(C)C)[nH]4)cc3)cc2)C1)C(C)C. The van der Waals surface area contributed by atoms with E-state index in [1.165, 1.54) is 14.2 Å². The minimum atomic E-state index is -0.691. The number of alkyl carbamates (subject to hydrolysis) is 1. The van der Waals surface area contributed by atoms with Crippen LogP contribution in [0.5, 0.6) is 0 Å². The third-order valence-corrected chi connectivity index (χ3v) is 11.1. The highest BCUT2D eigenvalue weighted by Crippen LogP contribution is 2.34. The van der Waals surface area contributed by atoms with Crippen molar-refractivity contribution in [2.75, 3.05) is 27.3 Å². The molecule has 0 spiro atoms. The number of methoxy groups -OCH3 is 2. The first-order chi connectivity index (χ1) is 27.0. The molecule has 12 nitrogen and oxygen atoms in total. The van der Waals surface area contributed by atoms with Gasteiger partial charge in [0.05, 0.1) is 44.8 Å². The van der Waals surface area contributed by atoms with Gasteiger partial charge in [-0.25, -0.2) is 9.78 Å². The van der Waals surface area contributed by atoms with E-state index in [2.05, 4.69) is 63.5 Å². The molecular formula is C44H52N6O6. The van der Waals surface area contributed by atoms with Gasteiger partial charge in [0, 0.05) is 37.0 Å². The third-order valence-electron chi connectivity index (χ3n) is 11.1. The lowest BCUT2D eigenvalue weighted by molar-refractivity contribution is -0.148. The highest BCUT2D eigenvalue weighted by molar-refractivity contribution is 6.03. The van der Waals surface area contributed by atoms with Crippen molar-refractivity contribution in [3.05, 3.63) is 83.6 Å². The zero-order valence-corrected chi connectivity index (χ0v) is 33.1. The zero-order chi connectivity index (χ0) is 39.9. The highest BCUT2D eigenvalue weighted by Gasteiger charge is 2.39. The van der Waals surface area contributed by atoms with Crippen molar-refractivity contribution < 1.29 is 28.7 Å². The van der Waals surface area contributed by atoms with Gasteiger partial charge in [-0.05, 0) is 77.8 Å². The fourth-order valence-corrected chi connectivity index (χ4v) is 7.81. The van der Waals surface area contributed by atoms with Gasteiger partial charge in [-0.2, -0.15) is 0 Å². The highest BCUT2D eigenvalue weighted by atomic mass is 16.5. The van der Waals surface area contributed by atoms with E-state index >= 15 is 0 Å². The predicted octanol–water partition coefficient (Wildman–Crippen LogP) is 6.53. The molecule has 0 aliphatic carbocycles. The van der Waals surface area contributed by atoms with Gasteiger partial charge in [0.2, 0.25) is 11.8 Å². The summed E-state index contributed by atoms with van der Waals surface area (Å²) in [6.07, 6.45) is 7.16. The van der Waals surface area contributed by atoms with Crippen LogP contribution in [0.25, 0.3) is 16.7 Å². The monoisotopic (exact) mass is 760 g/mol. The Kier molecular flexibility index (Phi) is 12.7. The normalized spacial score (nSPS) is 18.9. The second-order valence-corrected chi connectivity index (χ2v) is 15.4. The number of aromatic nitrogens is 2. The quantitative estimate of drug-likeness (QED) is 0.167. The van der Waals surface area contributed by atoms with E-state index in [4.69, 9.17) is 14.5 Å². The van der Waals surface area contributed by atoms with Gasteiger partial charge < -0.3 is 29.6 Å². The zero-order valence-electron chi connectivity index (χ0n) is 33.1. The van der Waals surface area contributed by atoms with Crippen molar-refractivity contribution in [1.82, 2.24) is 25.1 Å². The fraction of sp³-hybridized carbons (Fsp3) is 0.455. The topological polar surface area (TPSA) is 146 Å². The number of nitrogens with one attached hydrogen (secondary N) is 2. The third kappa shape index (κ3) is 9.05. The summed E-state index contributed by atoms with van der Waals surface area (Å²) >= 11 is 0. The summed E-state index contributed by atoms with van der Waals surface area (Å²) in [5.41, 5.74) is 6.89. The molecule has 0 radical (unpaired) electrons. The summed E-state index contributed by atoms with van der Waals surface area (Å²) in [6, 6.07) is 15.6. The number of hydrogen-bond donors (Lipinski definition) is 2. The number of likely N-dealkylation sites (tertiary alicyclic amines) is 2. The van der Waals surface area contributed by atoms with Gasteiger partial charge >= 0.3 is 12.1 Å². The van der Waals surface area contributed by atoms with Crippen LogP contribution < -0.4 is 5.32 Å². The van der Waals surface area contributed by atoms with E-state index in [0.29, 0.717) is 31.0 Å². The van der Waals surface area contributed by atoms with Gasteiger partial charge in [0.15, 0.2) is 0 Å². The lowest BCUT2D eigenvalue weighted by Gasteiger charge is -2.30. The molecule has 4 heterocycles. The summed E-state index contributed by atoms with van der Waals surface area (Å²) in [5, 5.41) is 2.68. The Morgan fingerprint density at radius 1 is 0.821 bits per heavy atom. The number of nitrogens with zero attached hydrogens (tertiary/aromatic N) is 4. The number of carbonyl (C=O) groups excluding carboxylic acids is 4. The van der Waals surface area contributed by atoms with Crippen LogP contribution >= 0.6 is 0 Å². The van der Waals surface area contributed by atoms with Crippen LogP contribution in [0.15, 0.2) is 65.9 Å². The smallest absolute Gasteiger partial charge is 0.407 e. The van der Waals surface area contributed by atoms with Gasteiger partial charge in [-0.15, -0.1) is 0 Å². The number of imidazole rings is 1. The first-order valence-corrected chi connectivity index (χ1v) is 19.5. The standard InChI is InChI=1S/C44H52N6O6/c1-27(2)35(24-39(51)55-5)42(52)49-21-7-9-37(49)36-23-33(25-45-36)32-18-16-31(17-19-32)30-14-11-29(12-15-30)13-20-34-26-46-41(47-34)38-10-8-22-50(38)43(53)40(28(3)4)48-44(54)56-6/h11-12,14-19,25-28,35,37-38,40H,7-10,21-24H2,1-6H3,(H,46,47)(H,48,54)/t35-,37-,38-,40-/m0/s1. The van der Waals surface area contributed by atoms with Gasteiger partial charge in [-0.1, -0.05) is 70.0 Å². The van der Waals surface area contributed by atoms with E-state index in [0.717, 1.165) is 59.2 Å². The van der Waals surface area contributed by atoms with Gasteiger partial charge in [0.25, 0.3) is 0 Å². The van der Waals surface area contributed by atoms with Crippen molar-refractivity contribution in [2.24, 2.45) is 22.7 Å². The minimum Gasteiger partial charge on any atom is -0.469 e. The Hall–Kier alpha value is -5.70. The lowest BCUT2D eigenvalue weighted by Crippen LogP contribution is -2.51. The number of carbonyl (C=O) groups is 4. The Morgan fingerprint density at radius 3 is 2.07 bits per heavy atom. The maximum atomic E-state index is 13.6. The Morgan fingerprint density at radius 2 is 1.45 bits per heavy atom. The minimum absolute atomic E-state index is 0.00898. The van der Waals surface area contributed by atoms with E-state index in [1.54, 1.807) is 11.1 Å². The van der Waals surface area contributed by atoms with Crippen molar-refractivity contribution >= 4 is 35.2 Å². The molecule has 2 N–H and O–H groups in total. The van der Waals surface area contributed by atoms with E-state index in [9.17, 15) is 19.2 Å². The van der Waals surface area contributed by atoms with Crippen LogP contribution in [-0.2, 0) is 23.9 Å². The predicted molar refractivity (Wildman–Crippen MR) is 214 cm³/mol. The molecule has 3 aromatic rings. The van der Waals surface area contributed by atoms with Crippen LogP contribution in [0.2, 0.25) is 0 Å². The second kappa shape index (κ2) is 17.8. The number of H-pyrrole nitrogens is 1. The molecule has 2 aromatic carbocycles. The summed E-state index contributed by atoms with van der Waals surface area (Å²) < 4.78 is 9.61. The molecule has 294 valence electrons. The second-order valence-electron chi connectivity index (χ2n) is 15.4. The van der Waals surface area contributed by atoms with Crippen molar-refractivity contribution in [3.8, 4) is 23.0 Å². The molecule has 6 rings (SSSR count). The van der Waals surface area contributed by atoms with Crippen LogP contribution in [0, 0.1) is 29.6 Å². The average molecular weight is 761 g/mol.